The first kappa shape index (κ1) is 20.5. The van der Waals surface area contributed by atoms with Crippen molar-refractivity contribution in [2.45, 2.75) is 9.92 Å². The molecule has 7 nitrogen and oxygen atoms in total. The van der Waals surface area contributed by atoms with Gasteiger partial charge in [0.2, 0.25) is 15.9 Å². The molecule has 1 amide bonds. The van der Waals surface area contributed by atoms with E-state index in [4.69, 9.17) is 4.74 Å². The third kappa shape index (κ3) is 5.20. The van der Waals surface area contributed by atoms with Gasteiger partial charge in [0.1, 0.15) is 0 Å². The van der Waals surface area contributed by atoms with Gasteiger partial charge in [-0.05, 0) is 42.2 Å². The number of carbonyl (C=O) groups is 1. The van der Waals surface area contributed by atoms with E-state index in [-0.39, 0.29) is 10.8 Å². The number of nitrogens with zero attached hydrogens (tertiary/aromatic N) is 2. The quantitative estimate of drug-likeness (QED) is 0.572. The minimum Gasteiger partial charge on any atom is -0.379 e. The molecule has 0 bridgehead atoms. The molecule has 0 unspecified atom stereocenters. The van der Waals surface area contributed by atoms with Gasteiger partial charge in [-0.25, -0.2) is 13.4 Å². The van der Waals surface area contributed by atoms with Gasteiger partial charge < -0.3 is 10.1 Å². The second kappa shape index (κ2) is 9.33. The van der Waals surface area contributed by atoms with Crippen LogP contribution >= 0.6 is 11.8 Å². The number of carbonyl (C=O) groups excluding carboxylic acids is 1. The van der Waals surface area contributed by atoms with Crippen LogP contribution in [-0.4, -0.2) is 56.2 Å². The zero-order valence-electron chi connectivity index (χ0n) is 15.4. The summed E-state index contributed by atoms with van der Waals surface area (Å²) in [5.41, 5.74) is 1.34. The number of hydrogen-bond acceptors (Lipinski definition) is 6. The van der Waals surface area contributed by atoms with Gasteiger partial charge in [-0.15, -0.1) is 11.8 Å². The molecule has 2 aromatic rings. The Bertz CT molecular complexity index is 936. The van der Waals surface area contributed by atoms with Crippen molar-refractivity contribution in [3.63, 3.8) is 0 Å². The van der Waals surface area contributed by atoms with E-state index < -0.39 is 10.0 Å². The van der Waals surface area contributed by atoms with E-state index in [0.29, 0.717) is 32.0 Å². The summed E-state index contributed by atoms with van der Waals surface area (Å²) in [4.78, 5) is 16.5. The number of amides is 1. The average molecular weight is 420 g/mol. The fourth-order valence-electron chi connectivity index (χ4n) is 2.62. The number of pyridine rings is 1. The molecule has 1 aromatic heterocycles. The van der Waals surface area contributed by atoms with Gasteiger partial charge in [-0.3, -0.25) is 4.79 Å². The van der Waals surface area contributed by atoms with Crippen LogP contribution in [0.5, 0.6) is 0 Å². The lowest BCUT2D eigenvalue weighted by Gasteiger charge is -2.26. The predicted octanol–water partition coefficient (Wildman–Crippen LogP) is 2.48. The van der Waals surface area contributed by atoms with Gasteiger partial charge in [-0.1, -0.05) is 12.1 Å². The van der Waals surface area contributed by atoms with Gasteiger partial charge in [0.25, 0.3) is 0 Å². The number of morpholine rings is 1. The number of sulfonamides is 1. The largest absolute Gasteiger partial charge is 0.379 e. The maximum atomic E-state index is 12.6. The van der Waals surface area contributed by atoms with E-state index in [1.807, 2.05) is 12.3 Å². The normalized spacial score (nSPS) is 15.6. The van der Waals surface area contributed by atoms with Crippen molar-refractivity contribution in [1.29, 1.82) is 0 Å². The number of thioether (sulfide) groups is 1. The average Bonchev–Trinajstić information content (AvgIpc) is 2.74. The molecule has 148 valence electrons. The molecule has 0 aliphatic carbocycles. The molecule has 28 heavy (non-hydrogen) atoms. The minimum absolute atomic E-state index is 0.232. The molecule has 0 saturated carbocycles. The fraction of sp³-hybridized carbons (Fsp3) is 0.263. The monoisotopic (exact) mass is 419 g/mol. The number of nitrogens with one attached hydrogen (secondary N) is 1. The molecule has 0 spiro atoms. The number of aromatic nitrogens is 1. The first-order valence-electron chi connectivity index (χ1n) is 8.66. The number of rotatable bonds is 6. The first-order valence-corrected chi connectivity index (χ1v) is 11.3. The van der Waals surface area contributed by atoms with Crippen LogP contribution in [0, 0.1) is 0 Å². The second-order valence-electron chi connectivity index (χ2n) is 6.00. The Morgan fingerprint density at radius 1 is 1.18 bits per heavy atom. The van der Waals surface area contributed by atoms with Crippen molar-refractivity contribution in [3.8, 4) is 0 Å². The Morgan fingerprint density at radius 2 is 1.89 bits per heavy atom. The summed E-state index contributed by atoms with van der Waals surface area (Å²) in [5, 5.41) is 3.61. The maximum Gasteiger partial charge on any atom is 0.248 e. The predicted molar refractivity (Wildman–Crippen MR) is 110 cm³/mol. The summed E-state index contributed by atoms with van der Waals surface area (Å²) >= 11 is 1.53. The highest BCUT2D eigenvalue weighted by Crippen LogP contribution is 2.18. The van der Waals surface area contributed by atoms with Gasteiger partial charge in [-0.2, -0.15) is 4.31 Å². The highest BCUT2D eigenvalue weighted by Gasteiger charge is 2.25. The maximum absolute atomic E-state index is 12.6. The van der Waals surface area contributed by atoms with Crippen LogP contribution in [0.25, 0.3) is 6.08 Å². The number of ether oxygens (including phenoxy) is 1. The van der Waals surface area contributed by atoms with Crippen LogP contribution in [0.3, 0.4) is 0 Å². The molecule has 1 saturated heterocycles. The Morgan fingerprint density at radius 3 is 2.50 bits per heavy atom. The summed E-state index contributed by atoms with van der Waals surface area (Å²) < 4.78 is 31.8. The van der Waals surface area contributed by atoms with Crippen LogP contribution in [0.1, 0.15) is 5.56 Å². The van der Waals surface area contributed by atoms with Gasteiger partial charge in [0.05, 0.1) is 35.0 Å². The van der Waals surface area contributed by atoms with E-state index in [9.17, 15) is 13.2 Å². The van der Waals surface area contributed by atoms with E-state index in [2.05, 4.69) is 10.3 Å². The number of benzene rings is 1. The standard InChI is InChI=1S/C19H21N3O4S2/c1-27-19-9-5-16(14-20-19)21-18(23)8-4-15-2-6-17(7-3-15)28(24,25)22-10-12-26-13-11-22/h2-9,14H,10-13H2,1H3,(H,21,23)/b8-4+. The molecule has 1 N–H and O–H groups in total. The lowest BCUT2D eigenvalue weighted by atomic mass is 10.2. The molecule has 1 aliphatic heterocycles. The lowest BCUT2D eigenvalue weighted by Crippen LogP contribution is -2.40. The molecule has 9 heteroatoms. The van der Waals surface area contributed by atoms with Crippen LogP contribution in [0.15, 0.2) is 58.6 Å². The number of anilines is 1. The first-order chi connectivity index (χ1) is 13.5. The minimum atomic E-state index is -3.52. The summed E-state index contributed by atoms with van der Waals surface area (Å²) in [6, 6.07) is 10.1. The summed E-state index contributed by atoms with van der Waals surface area (Å²) in [6.45, 7) is 1.53. The van der Waals surface area contributed by atoms with Crippen molar-refractivity contribution in [3.05, 3.63) is 54.2 Å². The topological polar surface area (TPSA) is 88.6 Å². The SMILES string of the molecule is CSc1ccc(NC(=O)/C=C/c2ccc(S(=O)(=O)N3CCOCC3)cc2)cn1. The van der Waals surface area contributed by atoms with Crippen molar-refractivity contribution >= 4 is 39.5 Å². The third-order valence-electron chi connectivity index (χ3n) is 4.13. The zero-order chi connectivity index (χ0) is 20.0. The molecular formula is C19H21N3O4S2. The molecule has 3 rings (SSSR count). The second-order valence-corrected chi connectivity index (χ2v) is 8.76. The highest BCUT2D eigenvalue weighted by molar-refractivity contribution is 7.98. The van der Waals surface area contributed by atoms with Crippen LogP contribution in [0.2, 0.25) is 0 Å². The van der Waals surface area contributed by atoms with E-state index in [1.54, 1.807) is 42.6 Å². The summed E-state index contributed by atoms with van der Waals surface area (Å²) in [6.07, 6.45) is 6.56. The Hall–Kier alpha value is -2.20. The molecule has 0 radical (unpaired) electrons. The smallest absolute Gasteiger partial charge is 0.248 e. The Kier molecular flexibility index (Phi) is 6.84. The van der Waals surface area contributed by atoms with Gasteiger partial charge in [0.15, 0.2) is 0 Å². The molecule has 1 fully saturated rings. The van der Waals surface area contributed by atoms with Crippen LogP contribution in [0.4, 0.5) is 5.69 Å². The zero-order valence-corrected chi connectivity index (χ0v) is 17.0. The highest BCUT2D eigenvalue weighted by atomic mass is 32.2. The molecular weight excluding hydrogens is 398 g/mol. The summed E-state index contributed by atoms with van der Waals surface area (Å²) in [5.74, 6) is -0.288. The lowest BCUT2D eigenvalue weighted by molar-refractivity contribution is -0.111. The Balaban J connectivity index is 1.62. The number of hydrogen-bond donors (Lipinski definition) is 1. The van der Waals surface area contributed by atoms with E-state index in [0.717, 1.165) is 10.6 Å². The Labute approximate surface area is 168 Å². The van der Waals surface area contributed by atoms with Crippen molar-refractivity contribution in [2.75, 3.05) is 37.9 Å². The fourth-order valence-corrected chi connectivity index (χ4v) is 4.39. The van der Waals surface area contributed by atoms with E-state index in [1.165, 1.54) is 22.1 Å². The molecule has 2 heterocycles. The van der Waals surface area contributed by atoms with Gasteiger partial charge in [0, 0.05) is 19.2 Å². The third-order valence-corrected chi connectivity index (χ3v) is 6.70. The van der Waals surface area contributed by atoms with Crippen molar-refractivity contribution in [2.24, 2.45) is 0 Å². The van der Waals surface area contributed by atoms with Gasteiger partial charge >= 0.3 is 0 Å². The van der Waals surface area contributed by atoms with Crippen molar-refractivity contribution < 1.29 is 17.9 Å². The summed E-state index contributed by atoms with van der Waals surface area (Å²) in [7, 11) is -3.52. The van der Waals surface area contributed by atoms with Crippen molar-refractivity contribution in [1.82, 2.24) is 9.29 Å². The molecule has 1 aromatic carbocycles. The van der Waals surface area contributed by atoms with E-state index >= 15 is 0 Å². The molecule has 0 atom stereocenters. The molecule has 1 aliphatic rings. The van der Waals surface area contributed by atoms with Crippen LogP contribution in [-0.2, 0) is 19.6 Å². The van der Waals surface area contributed by atoms with Crippen LogP contribution < -0.4 is 5.32 Å².